The van der Waals surface area contributed by atoms with Crippen LogP contribution in [-0.2, 0) is 0 Å². The van der Waals surface area contributed by atoms with Crippen molar-refractivity contribution < 1.29 is 10.2 Å². The van der Waals surface area contributed by atoms with Gasteiger partial charge in [-0.15, -0.1) is 0 Å². The molecule has 1 aromatic rings. The fourth-order valence-electron chi connectivity index (χ4n) is 0.464. The average Bonchev–Trinajstić information content (AvgIpc) is 1.77. The summed E-state index contributed by atoms with van der Waals surface area (Å²) in [5.41, 5.74) is 0. The Morgan fingerprint density at radius 1 is 0.889 bits per heavy atom. The first kappa shape index (κ1) is 8.35. The van der Waals surface area contributed by atoms with E-state index < -0.39 is 0 Å². The van der Waals surface area contributed by atoms with Gasteiger partial charge < -0.3 is 10.2 Å². The number of phenols is 2. The van der Waals surface area contributed by atoms with Gasteiger partial charge in [-0.05, 0) is 12.1 Å². The van der Waals surface area contributed by atoms with Crippen molar-refractivity contribution in [3.8, 4) is 11.5 Å². The molecule has 2 nitrogen and oxygen atoms in total. The lowest BCUT2D eigenvalue weighted by Crippen LogP contribution is -1.63. The first-order chi connectivity index (χ1) is 3.80. The summed E-state index contributed by atoms with van der Waals surface area (Å²) < 4.78 is 0. The second-order valence-corrected chi connectivity index (χ2v) is 1.49. The molecule has 0 fully saturated rings. The molecule has 9 heavy (non-hydrogen) atoms. The van der Waals surface area contributed by atoms with E-state index in [9.17, 15) is 0 Å². The maximum absolute atomic E-state index is 8.67. The van der Waals surface area contributed by atoms with Crippen molar-refractivity contribution in [2.24, 2.45) is 0 Å². The summed E-state index contributed by atoms with van der Waals surface area (Å²) in [6, 6.07) is 6.15. The molecule has 3 heteroatoms. The van der Waals surface area contributed by atoms with Crippen LogP contribution in [0.1, 0.15) is 0 Å². The summed E-state index contributed by atoms with van der Waals surface area (Å²) in [6.07, 6.45) is 0. The van der Waals surface area contributed by atoms with E-state index in [0.29, 0.717) is 0 Å². The van der Waals surface area contributed by atoms with Crippen LogP contribution in [0.3, 0.4) is 0 Å². The number of benzene rings is 1. The van der Waals surface area contributed by atoms with E-state index in [0.717, 1.165) is 0 Å². The molecule has 0 saturated carbocycles. The summed E-state index contributed by atoms with van der Waals surface area (Å²) in [4.78, 5) is 0. The number of rotatable bonds is 0. The van der Waals surface area contributed by atoms with Gasteiger partial charge in [0, 0.05) is 17.4 Å². The molecule has 0 aliphatic carbocycles. The van der Waals surface area contributed by atoms with E-state index >= 15 is 0 Å². The Labute approximate surface area is 63.9 Å². The smallest absolute Gasteiger partial charge is 0.157 e. The molecule has 3 radical (unpaired) electrons. The van der Waals surface area contributed by atoms with Gasteiger partial charge in [0.25, 0.3) is 0 Å². The number of hydrogen-bond acceptors (Lipinski definition) is 2. The summed E-state index contributed by atoms with van der Waals surface area (Å²) in [6.45, 7) is 0. The minimum Gasteiger partial charge on any atom is -0.504 e. The van der Waals surface area contributed by atoms with E-state index in [4.69, 9.17) is 10.2 Å². The lowest BCUT2D eigenvalue weighted by Gasteiger charge is -1.91. The van der Waals surface area contributed by atoms with Crippen LogP contribution in [-0.4, -0.2) is 27.6 Å². The molecular formula is C6H6AlO2. The first-order valence-corrected chi connectivity index (χ1v) is 2.27. The van der Waals surface area contributed by atoms with Gasteiger partial charge in [0.2, 0.25) is 0 Å². The molecule has 0 spiro atoms. The molecule has 1 aromatic carbocycles. The van der Waals surface area contributed by atoms with Crippen molar-refractivity contribution in [2.75, 3.05) is 0 Å². The molecule has 0 unspecified atom stereocenters. The van der Waals surface area contributed by atoms with Crippen molar-refractivity contribution in [2.45, 2.75) is 0 Å². The van der Waals surface area contributed by atoms with E-state index in [1.807, 2.05) is 0 Å². The van der Waals surface area contributed by atoms with E-state index in [1.54, 1.807) is 12.1 Å². The third kappa shape index (κ3) is 1.97. The third-order valence-electron chi connectivity index (χ3n) is 0.882. The first-order valence-electron chi connectivity index (χ1n) is 2.27. The summed E-state index contributed by atoms with van der Waals surface area (Å²) in [7, 11) is 0. The second-order valence-electron chi connectivity index (χ2n) is 1.49. The van der Waals surface area contributed by atoms with Gasteiger partial charge in [-0.25, -0.2) is 0 Å². The lowest BCUT2D eigenvalue weighted by atomic mass is 10.3. The molecule has 1 rings (SSSR count). The topological polar surface area (TPSA) is 40.5 Å². The largest absolute Gasteiger partial charge is 0.504 e. The number of hydrogen-bond donors (Lipinski definition) is 2. The Hall–Kier alpha value is -0.648. The molecule has 0 atom stereocenters. The summed E-state index contributed by atoms with van der Waals surface area (Å²) in [5.74, 6) is -0.153. The molecule has 0 bridgehead atoms. The molecular weight excluding hydrogens is 131 g/mol. The van der Waals surface area contributed by atoms with Crippen LogP contribution in [0.5, 0.6) is 11.5 Å². The zero-order valence-electron chi connectivity index (χ0n) is 4.78. The summed E-state index contributed by atoms with van der Waals surface area (Å²) in [5, 5.41) is 17.3. The molecule has 0 amide bonds. The van der Waals surface area contributed by atoms with Crippen molar-refractivity contribution in [3.05, 3.63) is 24.3 Å². The molecule has 0 aliphatic rings. The van der Waals surface area contributed by atoms with E-state index in [-0.39, 0.29) is 28.9 Å². The number of phenolic OH excluding ortho intramolecular Hbond substituents is 2. The standard InChI is InChI=1S/C6H6O2.Al/c7-5-3-1-2-4-6(5)8;/h1-4,7-8H;. The third-order valence-corrected chi connectivity index (χ3v) is 0.882. The summed E-state index contributed by atoms with van der Waals surface area (Å²) >= 11 is 0. The Balaban J connectivity index is 0.000000640. The van der Waals surface area contributed by atoms with Crippen molar-refractivity contribution >= 4 is 17.4 Å². The van der Waals surface area contributed by atoms with E-state index in [2.05, 4.69) is 0 Å². The van der Waals surface area contributed by atoms with Gasteiger partial charge >= 0.3 is 0 Å². The SMILES string of the molecule is Oc1ccccc1O.[Al]. The average molecular weight is 137 g/mol. The fourth-order valence-corrected chi connectivity index (χ4v) is 0.464. The monoisotopic (exact) mass is 137 g/mol. The predicted molar refractivity (Wildman–Crippen MR) is 35.5 cm³/mol. The number of para-hydroxylation sites is 2. The zero-order valence-corrected chi connectivity index (χ0v) is 5.94. The highest BCUT2D eigenvalue weighted by Crippen LogP contribution is 2.21. The maximum atomic E-state index is 8.67. The predicted octanol–water partition coefficient (Wildman–Crippen LogP) is 0.717. The normalized spacial score (nSPS) is 8.00. The maximum Gasteiger partial charge on any atom is 0.157 e. The Morgan fingerprint density at radius 3 is 1.44 bits per heavy atom. The van der Waals surface area contributed by atoms with Gasteiger partial charge in [0.15, 0.2) is 11.5 Å². The minimum absolute atomic E-state index is 0. The Bertz CT molecular complexity index is 167. The zero-order chi connectivity index (χ0) is 5.98. The molecule has 0 heterocycles. The minimum atomic E-state index is -0.0764. The van der Waals surface area contributed by atoms with Crippen molar-refractivity contribution in [1.29, 1.82) is 0 Å². The van der Waals surface area contributed by atoms with Crippen molar-refractivity contribution in [3.63, 3.8) is 0 Å². The molecule has 0 saturated heterocycles. The quantitative estimate of drug-likeness (QED) is 0.408. The van der Waals surface area contributed by atoms with Crippen LogP contribution in [0.2, 0.25) is 0 Å². The Kier molecular flexibility index (Phi) is 3.15. The second kappa shape index (κ2) is 3.39. The van der Waals surface area contributed by atoms with Gasteiger partial charge in [0.05, 0.1) is 0 Å². The fraction of sp³-hybridized carbons (Fsp3) is 0. The van der Waals surface area contributed by atoms with Gasteiger partial charge in [-0.2, -0.15) is 0 Å². The highest BCUT2D eigenvalue weighted by Gasteiger charge is 1.90. The highest BCUT2D eigenvalue weighted by molar-refractivity contribution is 5.75. The van der Waals surface area contributed by atoms with Crippen LogP contribution in [0.4, 0.5) is 0 Å². The molecule has 0 aromatic heterocycles. The van der Waals surface area contributed by atoms with Gasteiger partial charge in [0.1, 0.15) is 0 Å². The molecule has 45 valence electrons. The molecule has 2 N–H and O–H groups in total. The van der Waals surface area contributed by atoms with Crippen molar-refractivity contribution in [1.82, 2.24) is 0 Å². The Morgan fingerprint density at radius 2 is 1.22 bits per heavy atom. The van der Waals surface area contributed by atoms with Gasteiger partial charge in [-0.1, -0.05) is 12.1 Å². The van der Waals surface area contributed by atoms with Gasteiger partial charge in [-0.3, -0.25) is 0 Å². The van der Waals surface area contributed by atoms with Crippen LogP contribution >= 0.6 is 0 Å². The van der Waals surface area contributed by atoms with Crippen LogP contribution < -0.4 is 0 Å². The van der Waals surface area contributed by atoms with Crippen LogP contribution in [0.25, 0.3) is 0 Å². The van der Waals surface area contributed by atoms with E-state index in [1.165, 1.54) is 12.1 Å². The highest BCUT2D eigenvalue weighted by atomic mass is 27.0. The number of aromatic hydroxyl groups is 2. The van der Waals surface area contributed by atoms with Crippen LogP contribution in [0, 0.1) is 0 Å². The lowest BCUT2D eigenvalue weighted by molar-refractivity contribution is 0.404. The molecule has 0 aliphatic heterocycles. The van der Waals surface area contributed by atoms with Crippen LogP contribution in [0.15, 0.2) is 24.3 Å².